The van der Waals surface area contributed by atoms with Crippen LogP contribution < -0.4 is 10.1 Å². The third-order valence-corrected chi connectivity index (χ3v) is 8.99. The lowest BCUT2D eigenvalue weighted by atomic mass is 9.89. The number of rotatable bonds is 8. The van der Waals surface area contributed by atoms with E-state index < -0.39 is 0 Å². The second kappa shape index (κ2) is 9.64. The van der Waals surface area contributed by atoms with E-state index >= 15 is 0 Å². The highest BCUT2D eigenvalue weighted by Crippen LogP contribution is 2.69. The summed E-state index contributed by atoms with van der Waals surface area (Å²) in [4.78, 5) is 17.5. The van der Waals surface area contributed by atoms with Gasteiger partial charge in [-0.2, -0.15) is 0 Å². The predicted molar refractivity (Wildman–Crippen MR) is 139 cm³/mol. The Hall–Kier alpha value is -2.70. The molecule has 1 amide bonds. The van der Waals surface area contributed by atoms with Crippen molar-refractivity contribution in [2.45, 2.75) is 25.8 Å². The summed E-state index contributed by atoms with van der Waals surface area (Å²) in [7, 11) is 2.15. The number of halogens is 1. The van der Waals surface area contributed by atoms with Crippen LogP contribution in [0.2, 0.25) is 0 Å². The first-order valence-corrected chi connectivity index (χ1v) is 13.4. The molecule has 0 radical (unpaired) electrons. The minimum atomic E-state index is -0.240. The predicted octanol–water partition coefficient (Wildman–Crippen LogP) is 4.34. The van der Waals surface area contributed by atoms with Crippen LogP contribution in [0.1, 0.15) is 24.8 Å². The molecule has 4 aliphatic rings. The molecule has 0 unspecified atom stereocenters. The van der Waals surface area contributed by atoms with Gasteiger partial charge in [0.15, 0.2) is 6.61 Å². The summed E-state index contributed by atoms with van der Waals surface area (Å²) in [6.07, 6.45) is 8.74. The van der Waals surface area contributed by atoms with Crippen molar-refractivity contribution in [1.82, 2.24) is 15.1 Å². The van der Waals surface area contributed by atoms with Gasteiger partial charge in [0.2, 0.25) is 0 Å². The summed E-state index contributed by atoms with van der Waals surface area (Å²) in [5, 5.41) is 3.14. The van der Waals surface area contributed by atoms with E-state index in [-0.39, 0.29) is 18.3 Å². The molecule has 2 bridgehead atoms. The van der Waals surface area contributed by atoms with Gasteiger partial charge < -0.3 is 15.0 Å². The average molecular weight is 490 g/mol. The van der Waals surface area contributed by atoms with E-state index in [9.17, 15) is 9.18 Å². The molecule has 2 aromatic carbocycles. The highest BCUT2D eigenvalue weighted by atomic mass is 19.1. The van der Waals surface area contributed by atoms with Crippen LogP contribution in [0.25, 0.3) is 11.1 Å². The van der Waals surface area contributed by atoms with Crippen molar-refractivity contribution in [1.29, 1.82) is 0 Å². The SMILES string of the molecule is CN1CCN(Cc2cc(-c3ccc(F)cc3)ccc2OCC(=O)NC[C@H]2C[C@H]3C=C[C@@H]2C32CC2)CC1. The van der Waals surface area contributed by atoms with Crippen molar-refractivity contribution >= 4 is 5.91 Å². The molecule has 6 rings (SSSR count). The second-order valence-corrected chi connectivity index (χ2v) is 11.2. The number of nitrogens with zero attached hydrogens (tertiary/aromatic N) is 2. The standard InChI is InChI=1S/C30H36FN3O2/c1-33-12-14-34(15-13-33)19-24-16-22(21-2-6-26(31)7-3-21)4-9-28(24)36-20-29(35)32-18-23-17-25-5-8-27(23)30(25)10-11-30/h2-9,16,23,25,27H,10-15,17-20H2,1H3,(H,32,35)/t23-,25-,27+/m1/s1. The number of benzene rings is 2. The summed E-state index contributed by atoms with van der Waals surface area (Å²) >= 11 is 0. The number of ether oxygens (including phenoxy) is 1. The molecule has 1 heterocycles. The van der Waals surface area contributed by atoms with E-state index in [1.165, 1.54) is 31.4 Å². The number of amides is 1. The Morgan fingerprint density at radius 2 is 1.81 bits per heavy atom. The fourth-order valence-electron chi connectivity index (χ4n) is 6.71. The van der Waals surface area contributed by atoms with Gasteiger partial charge in [-0.3, -0.25) is 9.69 Å². The van der Waals surface area contributed by atoms with Crippen LogP contribution in [0.5, 0.6) is 5.75 Å². The first-order chi connectivity index (χ1) is 17.5. The van der Waals surface area contributed by atoms with E-state index in [0.29, 0.717) is 17.3 Å². The Labute approximate surface area is 213 Å². The van der Waals surface area contributed by atoms with E-state index in [2.05, 4.69) is 40.4 Å². The van der Waals surface area contributed by atoms with Gasteiger partial charge >= 0.3 is 0 Å². The quantitative estimate of drug-likeness (QED) is 0.561. The number of likely N-dealkylation sites (N-methyl/N-ethyl adjacent to an activating group) is 1. The lowest BCUT2D eigenvalue weighted by molar-refractivity contribution is -0.123. The number of allylic oxidation sites excluding steroid dienone is 2. The number of nitrogens with one attached hydrogen (secondary N) is 1. The van der Waals surface area contributed by atoms with Crippen LogP contribution in [0, 0.1) is 29.0 Å². The molecule has 3 atom stereocenters. The van der Waals surface area contributed by atoms with Gasteiger partial charge in [0.25, 0.3) is 5.91 Å². The molecule has 1 saturated heterocycles. The van der Waals surface area contributed by atoms with E-state index in [4.69, 9.17) is 4.74 Å². The molecule has 1 N–H and O–H groups in total. The minimum Gasteiger partial charge on any atom is -0.483 e. The Kier molecular flexibility index (Phi) is 6.34. The Morgan fingerprint density at radius 1 is 1.06 bits per heavy atom. The van der Waals surface area contributed by atoms with Crippen LogP contribution >= 0.6 is 0 Å². The van der Waals surface area contributed by atoms with Gasteiger partial charge in [0.1, 0.15) is 11.6 Å². The van der Waals surface area contributed by atoms with Crippen LogP contribution in [-0.4, -0.2) is 62.1 Å². The molecule has 1 spiro atoms. The molecule has 5 nitrogen and oxygen atoms in total. The zero-order chi connectivity index (χ0) is 24.7. The highest BCUT2D eigenvalue weighted by Gasteiger charge is 2.62. The van der Waals surface area contributed by atoms with Crippen LogP contribution in [0.3, 0.4) is 0 Å². The maximum atomic E-state index is 13.4. The highest BCUT2D eigenvalue weighted by molar-refractivity contribution is 5.77. The fourth-order valence-corrected chi connectivity index (χ4v) is 6.71. The van der Waals surface area contributed by atoms with Crippen molar-refractivity contribution in [3.8, 4) is 16.9 Å². The van der Waals surface area contributed by atoms with Crippen LogP contribution in [0.15, 0.2) is 54.6 Å². The average Bonchev–Trinajstić information content (AvgIpc) is 3.56. The molecular weight excluding hydrogens is 453 g/mol. The topological polar surface area (TPSA) is 44.8 Å². The summed E-state index contributed by atoms with van der Waals surface area (Å²) in [6.45, 7) is 5.60. The molecule has 2 aromatic rings. The molecule has 3 aliphatic carbocycles. The zero-order valence-corrected chi connectivity index (χ0v) is 21.1. The first kappa shape index (κ1) is 23.7. The van der Waals surface area contributed by atoms with Gasteiger partial charge in [-0.1, -0.05) is 30.4 Å². The third-order valence-electron chi connectivity index (χ3n) is 8.99. The van der Waals surface area contributed by atoms with Crippen molar-refractivity contribution in [3.63, 3.8) is 0 Å². The number of piperazine rings is 1. The Morgan fingerprint density at radius 3 is 2.53 bits per heavy atom. The molecule has 36 heavy (non-hydrogen) atoms. The maximum Gasteiger partial charge on any atom is 0.257 e. The lowest BCUT2D eigenvalue weighted by Crippen LogP contribution is -2.43. The second-order valence-electron chi connectivity index (χ2n) is 11.2. The molecule has 1 aliphatic heterocycles. The Bertz CT molecular complexity index is 1140. The van der Waals surface area contributed by atoms with Gasteiger partial charge in [-0.15, -0.1) is 0 Å². The number of carbonyl (C=O) groups is 1. The monoisotopic (exact) mass is 489 g/mol. The van der Waals surface area contributed by atoms with Gasteiger partial charge in [0.05, 0.1) is 0 Å². The summed E-state index contributed by atoms with van der Waals surface area (Å²) < 4.78 is 19.5. The van der Waals surface area contributed by atoms with Crippen molar-refractivity contribution in [3.05, 3.63) is 66.0 Å². The minimum absolute atomic E-state index is 0.0213. The van der Waals surface area contributed by atoms with Gasteiger partial charge in [-0.25, -0.2) is 4.39 Å². The smallest absolute Gasteiger partial charge is 0.257 e. The van der Waals surface area contributed by atoms with Crippen molar-refractivity contribution < 1.29 is 13.9 Å². The third kappa shape index (κ3) is 4.69. The molecule has 6 heteroatoms. The Balaban J connectivity index is 1.10. The number of carbonyl (C=O) groups excluding carboxylic acids is 1. The van der Waals surface area contributed by atoms with Gasteiger partial charge in [0, 0.05) is 44.8 Å². The number of hydrogen-bond acceptors (Lipinski definition) is 4. The van der Waals surface area contributed by atoms with E-state index in [1.807, 2.05) is 12.1 Å². The molecule has 2 saturated carbocycles. The van der Waals surface area contributed by atoms with Crippen LogP contribution in [-0.2, 0) is 11.3 Å². The van der Waals surface area contributed by atoms with E-state index in [0.717, 1.165) is 67.6 Å². The summed E-state index contributed by atoms with van der Waals surface area (Å²) in [6, 6.07) is 12.6. The largest absolute Gasteiger partial charge is 0.483 e. The van der Waals surface area contributed by atoms with Crippen molar-refractivity contribution in [2.75, 3.05) is 46.4 Å². The maximum absolute atomic E-state index is 13.4. The summed E-state index contributed by atoms with van der Waals surface area (Å²) in [5.41, 5.74) is 3.60. The first-order valence-electron chi connectivity index (χ1n) is 13.4. The fraction of sp³-hybridized carbons (Fsp3) is 0.500. The molecule has 190 valence electrons. The number of hydrogen-bond donors (Lipinski definition) is 1. The van der Waals surface area contributed by atoms with Crippen molar-refractivity contribution in [2.24, 2.45) is 23.2 Å². The molecule has 3 fully saturated rings. The van der Waals surface area contributed by atoms with Gasteiger partial charge in [-0.05, 0) is 84.9 Å². The molecule has 0 aromatic heterocycles. The summed E-state index contributed by atoms with van der Waals surface area (Å²) in [5.74, 6) is 2.40. The van der Waals surface area contributed by atoms with Crippen LogP contribution in [0.4, 0.5) is 4.39 Å². The normalized spacial score (nSPS) is 26.4. The van der Waals surface area contributed by atoms with E-state index in [1.54, 1.807) is 12.1 Å². The molecular formula is C30H36FN3O2. The lowest BCUT2D eigenvalue weighted by Gasteiger charge is -2.32. The zero-order valence-electron chi connectivity index (χ0n) is 21.1.